The first-order valence-electron chi connectivity index (χ1n) is 12.2. The van der Waals surface area contributed by atoms with Crippen LogP contribution in [0.3, 0.4) is 0 Å². The van der Waals surface area contributed by atoms with Crippen molar-refractivity contribution in [3.8, 4) is 11.3 Å². The van der Waals surface area contributed by atoms with Gasteiger partial charge in [-0.25, -0.2) is 0 Å². The predicted molar refractivity (Wildman–Crippen MR) is 132 cm³/mol. The second kappa shape index (κ2) is 8.91. The molecular weight excluding hydrogens is 440 g/mol. The minimum absolute atomic E-state index is 0.00908. The van der Waals surface area contributed by atoms with E-state index in [1.54, 1.807) is 0 Å². The van der Waals surface area contributed by atoms with E-state index in [2.05, 4.69) is 33.4 Å². The molecule has 1 unspecified atom stereocenters. The molecule has 35 heavy (non-hydrogen) atoms. The molecule has 0 radical (unpaired) electrons. The second-order valence-electron chi connectivity index (χ2n) is 9.69. The van der Waals surface area contributed by atoms with E-state index < -0.39 is 0 Å². The number of benzene rings is 2. The Morgan fingerprint density at radius 1 is 1.06 bits per heavy atom. The maximum atomic E-state index is 13.0. The second-order valence-corrected chi connectivity index (χ2v) is 9.69. The summed E-state index contributed by atoms with van der Waals surface area (Å²) in [5.41, 5.74) is 5.31. The Balaban J connectivity index is 1.13. The number of rotatable bonds is 4. The van der Waals surface area contributed by atoms with E-state index in [1.807, 2.05) is 53.6 Å². The van der Waals surface area contributed by atoms with Gasteiger partial charge in [-0.05, 0) is 53.9 Å². The molecular formula is C28H28N4O3. The number of nitrogens with one attached hydrogen (secondary N) is 1. The summed E-state index contributed by atoms with van der Waals surface area (Å²) in [4.78, 5) is 33.8. The van der Waals surface area contributed by atoms with Gasteiger partial charge in [0.25, 0.3) is 11.8 Å². The highest BCUT2D eigenvalue weighted by Gasteiger charge is 2.43. The molecule has 178 valence electrons. The number of amides is 2. The third kappa shape index (κ3) is 4.33. The number of carbonyl (C=O) groups is 2. The number of hydrogen-bond acceptors (Lipinski definition) is 5. The fraction of sp³-hybridized carbons (Fsp3) is 0.321. The van der Waals surface area contributed by atoms with Gasteiger partial charge in [0.15, 0.2) is 0 Å². The van der Waals surface area contributed by atoms with Crippen molar-refractivity contribution in [2.24, 2.45) is 0 Å². The van der Waals surface area contributed by atoms with Crippen LogP contribution in [0, 0.1) is 0 Å². The molecule has 2 fully saturated rings. The summed E-state index contributed by atoms with van der Waals surface area (Å²) in [6, 6.07) is 19.6. The molecule has 3 aromatic rings. The fourth-order valence-corrected chi connectivity index (χ4v) is 5.47. The lowest BCUT2D eigenvalue weighted by molar-refractivity contribution is -0.0919. The molecule has 4 heterocycles. The summed E-state index contributed by atoms with van der Waals surface area (Å²) in [6.45, 7) is 4.93. The smallest absolute Gasteiger partial charge is 0.254 e. The monoisotopic (exact) mass is 468 g/mol. The number of aromatic nitrogens is 1. The SMILES string of the molecule is O=C1NCc2cc(-c3cc(CN4CCC5(C4)CN(C(=O)c4ccccc4)CCO5)ccn3)ccc21. The number of morpholine rings is 1. The highest BCUT2D eigenvalue weighted by molar-refractivity contribution is 5.98. The topological polar surface area (TPSA) is 74.8 Å². The predicted octanol–water partition coefficient (Wildman–Crippen LogP) is 3.11. The molecule has 2 saturated heterocycles. The lowest BCUT2D eigenvalue weighted by atomic mass is 10.00. The average Bonchev–Trinajstić information content (AvgIpc) is 3.46. The lowest BCUT2D eigenvalue weighted by Gasteiger charge is -2.40. The highest BCUT2D eigenvalue weighted by atomic mass is 16.5. The zero-order valence-corrected chi connectivity index (χ0v) is 19.6. The number of ether oxygens (including phenoxy) is 1. The van der Waals surface area contributed by atoms with Crippen molar-refractivity contribution in [3.63, 3.8) is 0 Å². The summed E-state index contributed by atoms with van der Waals surface area (Å²) >= 11 is 0. The summed E-state index contributed by atoms with van der Waals surface area (Å²) in [6.07, 6.45) is 2.76. The maximum absolute atomic E-state index is 13.0. The molecule has 0 saturated carbocycles. The number of hydrogen-bond donors (Lipinski definition) is 1. The molecule has 6 rings (SSSR count). The normalized spacial score (nSPS) is 21.8. The Bertz CT molecular complexity index is 1280. The largest absolute Gasteiger partial charge is 0.370 e. The van der Waals surface area contributed by atoms with Crippen molar-refractivity contribution >= 4 is 11.8 Å². The summed E-state index contributed by atoms with van der Waals surface area (Å²) in [7, 11) is 0. The first-order valence-corrected chi connectivity index (χ1v) is 12.2. The van der Waals surface area contributed by atoms with E-state index in [0.29, 0.717) is 26.2 Å². The maximum Gasteiger partial charge on any atom is 0.254 e. The molecule has 2 amide bonds. The number of likely N-dealkylation sites (tertiary alicyclic amines) is 1. The Morgan fingerprint density at radius 3 is 2.83 bits per heavy atom. The lowest BCUT2D eigenvalue weighted by Crippen LogP contribution is -2.54. The number of carbonyl (C=O) groups excluding carboxylic acids is 2. The molecule has 1 aromatic heterocycles. The summed E-state index contributed by atoms with van der Waals surface area (Å²) < 4.78 is 6.27. The van der Waals surface area contributed by atoms with Gasteiger partial charge in [0, 0.05) is 55.6 Å². The Kier molecular flexibility index (Phi) is 5.59. The third-order valence-corrected chi connectivity index (χ3v) is 7.27. The zero-order chi connectivity index (χ0) is 23.8. The van der Waals surface area contributed by atoms with Crippen molar-refractivity contribution < 1.29 is 14.3 Å². The van der Waals surface area contributed by atoms with Crippen LogP contribution in [0.5, 0.6) is 0 Å². The number of fused-ring (bicyclic) bond motifs is 1. The van der Waals surface area contributed by atoms with Gasteiger partial charge in [0.1, 0.15) is 0 Å². The molecule has 1 N–H and O–H groups in total. The molecule has 1 spiro atoms. The van der Waals surface area contributed by atoms with Crippen LogP contribution >= 0.6 is 0 Å². The molecule has 1 atom stereocenters. The van der Waals surface area contributed by atoms with Crippen molar-refractivity contribution in [2.45, 2.75) is 25.1 Å². The molecule has 0 bridgehead atoms. The van der Waals surface area contributed by atoms with Crippen LogP contribution in [0.25, 0.3) is 11.3 Å². The molecule has 0 aliphatic carbocycles. The van der Waals surface area contributed by atoms with E-state index in [9.17, 15) is 9.59 Å². The van der Waals surface area contributed by atoms with E-state index in [4.69, 9.17) is 4.74 Å². The third-order valence-electron chi connectivity index (χ3n) is 7.27. The van der Waals surface area contributed by atoms with Crippen LogP contribution in [0.4, 0.5) is 0 Å². The number of nitrogens with zero attached hydrogens (tertiary/aromatic N) is 3. The fourth-order valence-electron chi connectivity index (χ4n) is 5.47. The standard InChI is InChI=1S/C28H28N4O3/c33-26-24-7-6-22(15-23(24)16-30-26)25-14-20(8-10-29-25)17-31-11-9-28(18-31)19-32(12-13-35-28)27(34)21-4-2-1-3-5-21/h1-8,10,14-15H,9,11-13,16-19H2,(H,30,33). The molecule has 3 aliphatic heterocycles. The minimum atomic E-state index is -0.307. The number of pyridine rings is 1. The van der Waals surface area contributed by atoms with E-state index in [1.165, 1.54) is 5.56 Å². The summed E-state index contributed by atoms with van der Waals surface area (Å²) in [5.74, 6) is 0.0712. The summed E-state index contributed by atoms with van der Waals surface area (Å²) in [5, 5.41) is 2.87. The Hall–Kier alpha value is -3.55. The van der Waals surface area contributed by atoms with Crippen molar-refractivity contribution in [1.82, 2.24) is 20.1 Å². The van der Waals surface area contributed by atoms with E-state index in [-0.39, 0.29) is 17.4 Å². The van der Waals surface area contributed by atoms with E-state index in [0.717, 1.165) is 54.0 Å². The quantitative estimate of drug-likeness (QED) is 0.637. The molecule has 7 heteroatoms. The van der Waals surface area contributed by atoms with Gasteiger partial charge < -0.3 is 15.0 Å². The van der Waals surface area contributed by atoms with Crippen LogP contribution in [0.1, 0.15) is 38.3 Å². The molecule has 7 nitrogen and oxygen atoms in total. The van der Waals surface area contributed by atoms with Crippen LogP contribution in [0.2, 0.25) is 0 Å². The van der Waals surface area contributed by atoms with Crippen LogP contribution in [0.15, 0.2) is 66.9 Å². The van der Waals surface area contributed by atoms with Crippen molar-refractivity contribution in [2.75, 3.05) is 32.8 Å². The molecule has 2 aromatic carbocycles. The van der Waals surface area contributed by atoms with Crippen molar-refractivity contribution in [3.05, 3.63) is 89.1 Å². The van der Waals surface area contributed by atoms with Crippen LogP contribution in [-0.4, -0.2) is 65.0 Å². The Labute approximate surface area is 204 Å². The van der Waals surface area contributed by atoms with Gasteiger partial charge in [-0.3, -0.25) is 19.5 Å². The van der Waals surface area contributed by atoms with Gasteiger partial charge in [0.2, 0.25) is 0 Å². The van der Waals surface area contributed by atoms with Gasteiger partial charge in [-0.1, -0.05) is 24.3 Å². The van der Waals surface area contributed by atoms with E-state index >= 15 is 0 Å². The minimum Gasteiger partial charge on any atom is -0.370 e. The van der Waals surface area contributed by atoms with Crippen LogP contribution in [-0.2, 0) is 17.8 Å². The first-order chi connectivity index (χ1) is 17.1. The average molecular weight is 469 g/mol. The van der Waals surface area contributed by atoms with Gasteiger partial charge in [-0.15, -0.1) is 0 Å². The molecule has 3 aliphatic rings. The van der Waals surface area contributed by atoms with Gasteiger partial charge >= 0.3 is 0 Å². The first kappa shape index (κ1) is 21.9. The van der Waals surface area contributed by atoms with Crippen molar-refractivity contribution in [1.29, 1.82) is 0 Å². The van der Waals surface area contributed by atoms with Gasteiger partial charge in [0.05, 0.1) is 24.4 Å². The van der Waals surface area contributed by atoms with Crippen LogP contribution < -0.4 is 5.32 Å². The zero-order valence-electron chi connectivity index (χ0n) is 19.6. The van der Waals surface area contributed by atoms with Gasteiger partial charge in [-0.2, -0.15) is 0 Å². The Morgan fingerprint density at radius 2 is 1.94 bits per heavy atom. The highest BCUT2D eigenvalue weighted by Crippen LogP contribution is 2.31.